The third kappa shape index (κ3) is 6.06. The molecule has 0 fully saturated rings. The van der Waals surface area contributed by atoms with Gasteiger partial charge in [0.1, 0.15) is 0 Å². The number of benzene rings is 1. The number of amides is 1. The third-order valence-electron chi connectivity index (χ3n) is 6.14. The third-order valence-corrected chi connectivity index (χ3v) is 6.70. The first-order chi connectivity index (χ1) is 16.4. The molecule has 1 aliphatic carbocycles. The number of rotatable bonds is 2. The van der Waals surface area contributed by atoms with Crippen LogP contribution in [0, 0.1) is 5.41 Å². The quantitative estimate of drug-likeness (QED) is 0.511. The van der Waals surface area contributed by atoms with Gasteiger partial charge in [0.15, 0.2) is 5.78 Å². The molecule has 1 atom stereocenters. The number of ether oxygens (including phenoxy) is 1. The summed E-state index contributed by atoms with van der Waals surface area (Å²) >= 11 is 12.8. The average molecular weight is 517 g/mol. The number of hydrogen-bond acceptors (Lipinski definition) is 5. The van der Waals surface area contributed by atoms with E-state index in [1.54, 1.807) is 54.5 Å². The minimum absolute atomic E-state index is 0.0278. The highest BCUT2D eigenvalue weighted by Crippen LogP contribution is 2.45. The summed E-state index contributed by atoms with van der Waals surface area (Å²) in [5.74, 6) is -0.808. The highest BCUT2D eigenvalue weighted by Gasteiger charge is 2.40. The van der Waals surface area contributed by atoms with Crippen LogP contribution in [0.1, 0.15) is 52.1 Å². The van der Waals surface area contributed by atoms with Crippen LogP contribution in [0.15, 0.2) is 65.0 Å². The van der Waals surface area contributed by atoms with Gasteiger partial charge >= 0.3 is 5.97 Å². The average Bonchev–Trinajstić information content (AvgIpc) is 2.75. The van der Waals surface area contributed by atoms with E-state index in [-0.39, 0.29) is 17.1 Å². The number of esters is 1. The monoisotopic (exact) mass is 516 g/mol. The molecule has 1 aliphatic heterocycles. The Morgan fingerprint density at radius 3 is 2.51 bits per heavy atom. The Labute approximate surface area is 216 Å². The maximum Gasteiger partial charge on any atom is 0.337 e. The van der Waals surface area contributed by atoms with Gasteiger partial charge in [-0.3, -0.25) is 9.59 Å². The molecule has 0 aromatic heterocycles. The van der Waals surface area contributed by atoms with Crippen LogP contribution in [0.3, 0.4) is 0 Å². The maximum atomic E-state index is 13.7. The lowest BCUT2D eigenvalue weighted by atomic mass is 9.71. The van der Waals surface area contributed by atoms with E-state index < -0.39 is 12.0 Å². The van der Waals surface area contributed by atoms with Crippen molar-refractivity contribution in [2.24, 2.45) is 5.41 Å². The zero-order valence-electron chi connectivity index (χ0n) is 20.6. The maximum absolute atomic E-state index is 13.7. The first kappa shape index (κ1) is 26.8. The minimum atomic E-state index is -0.757. The van der Waals surface area contributed by atoms with Crippen LogP contribution in [-0.2, 0) is 19.1 Å². The van der Waals surface area contributed by atoms with Crippen LogP contribution in [0.5, 0.6) is 0 Å². The zero-order chi connectivity index (χ0) is 25.9. The van der Waals surface area contributed by atoms with E-state index in [4.69, 9.17) is 27.9 Å². The normalized spacial score (nSPS) is 24.5. The summed E-state index contributed by atoms with van der Waals surface area (Å²) in [5, 5.41) is 4.02. The summed E-state index contributed by atoms with van der Waals surface area (Å²) in [7, 11) is 1.31. The van der Waals surface area contributed by atoms with Gasteiger partial charge in [0.05, 0.1) is 18.7 Å². The van der Waals surface area contributed by atoms with E-state index in [0.717, 1.165) is 5.57 Å². The number of ketones is 1. The molecule has 35 heavy (non-hydrogen) atoms. The number of Topliss-reactive ketones (excluding diaryl/α,β-unsaturated/α-hetero) is 1. The van der Waals surface area contributed by atoms with E-state index in [0.29, 0.717) is 51.8 Å². The van der Waals surface area contributed by atoms with Crippen LogP contribution in [0.25, 0.3) is 0 Å². The van der Waals surface area contributed by atoms with Crippen molar-refractivity contribution in [2.45, 2.75) is 46.6 Å². The topological polar surface area (TPSA) is 75.7 Å². The predicted molar refractivity (Wildman–Crippen MR) is 138 cm³/mol. The predicted octanol–water partition coefficient (Wildman–Crippen LogP) is 5.69. The van der Waals surface area contributed by atoms with Crippen molar-refractivity contribution in [3.63, 3.8) is 0 Å². The Balaban J connectivity index is 2.34. The number of halogens is 2. The van der Waals surface area contributed by atoms with Gasteiger partial charge in [0.2, 0.25) is 5.91 Å². The van der Waals surface area contributed by atoms with Crippen molar-refractivity contribution >= 4 is 40.9 Å². The molecule has 6 nitrogen and oxygen atoms in total. The van der Waals surface area contributed by atoms with E-state index in [1.807, 2.05) is 0 Å². The van der Waals surface area contributed by atoms with E-state index in [1.165, 1.54) is 14.0 Å². The summed E-state index contributed by atoms with van der Waals surface area (Å²) in [5.41, 5.74) is 2.64. The molecule has 0 radical (unpaired) electrons. The molecule has 1 aromatic rings. The van der Waals surface area contributed by atoms with Gasteiger partial charge in [-0.25, -0.2) is 4.79 Å². The molecule has 1 heterocycles. The number of methoxy groups -OCH3 is 1. The first-order valence-electron chi connectivity index (χ1n) is 11.3. The zero-order valence-corrected chi connectivity index (χ0v) is 22.1. The second-order valence-electron chi connectivity index (χ2n) is 9.55. The van der Waals surface area contributed by atoms with Gasteiger partial charge in [0, 0.05) is 41.2 Å². The summed E-state index contributed by atoms with van der Waals surface area (Å²) in [6.45, 7) is 7.68. The SMILES string of the molecule is COC(=O)C1=C/C=C(\C)N(C(C)=O)C(c2ccc(Cl)cc2Cl)C2=C(CN\C=C\1)CC(C)(C)CC2=O. The van der Waals surface area contributed by atoms with Crippen molar-refractivity contribution in [3.05, 3.63) is 80.7 Å². The van der Waals surface area contributed by atoms with Crippen molar-refractivity contribution < 1.29 is 19.1 Å². The van der Waals surface area contributed by atoms with Gasteiger partial charge in [-0.2, -0.15) is 0 Å². The van der Waals surface area contributed by atoms with E-state index in [2.05, 4.69) is 19.2 Å². The van der Waals surface area contributed by atoms with Crippen LogP contribution in [0.2, 0.25) is 10.0 Å². The van der Waals surface area contributed by atoms with E-state index in [9.17, 15) is 14.4 Å². The summed E-state index contributed by atoms with van der Waals surface area (Å²) in [6, 6.07) is 4.31. The van der Waals surface area contributed by atoms with Crippen molar-refractivity contribution in [1.82, 2.24) is 10.2 Å². The van der Waals surface area contributed by atoms with Crippen LogP contribution < -0.4 is 5.32 Å². The number of nitrogens with one attached hydrogen (secondary N) is 1. The smallest absolute Gasteiger partial charge is 0.337 e. The number of nitrogens with zero attached hydrogens (tertiary/aromatic N) is 1. The second-order valence-corrected chi connectivity index (χ2v) is 10.4. The molecule has 1 unspecified atom stereocenters. The van der Waals surface area contributed by atoms with E-state index >= 15 is 0 Å². The van der Waals surface area contributed by atoms with Crippen molar-refractivity contribution in [2.75, 3.05) is 13.7 Å². The molecule has 2 aliphatic rings. The Morgan fingerprint density at radius 1 is 1.17 bits per heavy atom. The second kappa shape index (κ2) is 10.8. The molecule has 3 rings (SSSR count). The minimum Gasteiger partial charge on any atom is -0.465 e. The van der Waals surface area contributed by atoms with Crippen molar-refractivity contribution in [3.8, 4) is 0 Å². The molecule has 0 saturated carbocycles. The lowest BCUT2D eigenvalue weighted by molar-refractivity contribution is -0.135. The molecule has 186 valence electrons. The summed E-state index contributed by atoms with van der Waals surface area (Å²) in [4.78, 5) is 40.6. The molecule has 1 amide bonds. The molecule has 1 aromatic carbocycles. The van der Waals surface area contributed by atoms with Gasteiger partial charge in [-0.15, -0.1) is 0 Å². The molecule has 0 bridgehead atoms. The lowest BCUT2D eigenvalue weighted by Gasteiger charge is -2.40. The van der Waals surface area contributed by atoms with Crippen molar-refractivity contribution in [1.29, 1.82) is 0 Å². The highest BCUT2D eigenvalue weighted by molar-refractivity contribution is 6.35. The van der Waals surface area contributed by atoms with Gasteiger partial charge in [0.25, 0.3) is 0 Å². The van der Waals surface area contributed by atoms with Gasteiger partial charge < -0.3 is 15.0 Å². The fraction of sp³-hybridized carbons (Fsp3) is 0.370. The van der Waals surface area contributed by atoms with Gasteiger partial charge in [-0.1, -0.05) is 43.1 Å². The fourth-order valence-electron chi connectivity index (χ4n) is 4.68. The Hall–Kier alpha value is -2.83. The molecule has 8 heteroatoms. The lowest BCUT2D eigenvalue weighted by Crippen LogP contribution is -2.39. The molecular formula is C27H30Cl2N2O4. The number of carbonyl (C=O) groups excluding carboxylic acids is 3. The number of carbonyl (C=O) groups is 3. The number of allylic oxidation sites excluding steroid dienone is 3. The van der Waals surface area contributed by atoms with Gasteiger partial charge in [-0.05, 0) is 66.5 Å². The summed E-state index contributed by atoms with van der Waals surface area (Å²) in [6.07, 6.45) is 7.53. The fourth-order valence-corrected chi connectivity index (χ4v) is 5.19. The largest absolute Gasteiger partial charge is 0.465 e. The van der Waals surface area contributed by atoms with Crippen LogP contribution in [-0.4, -0.2) is 36.2 Å². The Morgan fingerprint density at radius 2 is 1.89 bits per heavy atom. The molecule has 0 spiro atoms. The number of hydrogen-bond donors (Lipinski definition) is 1. The Kier molecular flexibility index (Phi) is 8.29. The highest BCUT2D eigenvalue weighted by atomic mass is 35.5. The first-order valence-corrected chi connectivity index (χ1v) is 12.1. The molecule has 0 saturated heterocycles. The molecular weight excluding hydrogens is 487 g/mol. The van der Waals surface area contributed by atoms with Crippen LogP contribution in [0.4, 0.5) is 0 Å². The Bertz CT molecular complexity index is 1180. The standard InChI is InChI=1S/C27H30Cl2N2O4/c1-16-6-7-18(26(34)35-5)10-11-30-15-19-13-27(3,4)14-23(33)24(19)25(31(16)17(2)32)21-9-8-20(28)12-22(21)29/h6-12,25,30H,13-15H2,1-5H3/b11-10+,16-6+,18-7+. The van der Waals surface area contributed by atoms with Crippen LogP contribution >= 0.6 is 23.2 Å². The summed E-state index contributed by atoms with van der Waals surface area (Å²) < 4.78 is 4.89. The molecule has 1 N–H and O–H groups in total.